The summed E-state index contributed by atoms with van der Waals surface area (Å²) in [5.74, 6) is 0.682. The van der Waals surface area contributed by atoms with Crippen LogP contribution in [0.2, 0.25) is 0 Å². The first-order valence-corrected chi connectivity index (χ1v) is 9.14. The Labute approximate surface area is 155 Å². The van der Waals surface area contributed by atoms with E-state index >= 15 is 0 Å². The minimum absolute atomic E-state index is 0.341. The molecule has 0 bridgehead atoms. The van der Waals surface area contributed by atoms with Crippen LogP contribution in [0.4, 0.5) is 0 Å². The van der Waals surface area contributed by atoms with Gasteiger partial charge >= 0.3 is 0 Å². The first-order valence-electron chi connectivity index (χ1n) is 9.14. The summed E-state index contributed by atoms with van der Waals surface area (Å²) in [6, 6.07) is 14.8. The van der Waals surface area contributed by atoms with Crippen LogP contribution in [0.25, 0.3) is 0 Å². The van der Waals surface area contributed by atoms with Crippen molar-refractivity contribution in [1.29, 1.82) is 0 Å². The first-order chi connectivity index (χ1) is 12.8. The van der Waals surface area contributed by atoms with Crippen molar-refractivity contribution in [3.8, 4) is 11.5 Å². The Morgan fingerprint density at radius 1 is 0.500 bits per heavy atom. The second-order valence-electron chi connectivity index (χ2n) is 6.11. The number of para-hydroxylation sites is 2. The van der Waals surface area contributed by atoms with E-state index in [-0.39, 0.29) is 0 Å². The summed E-state index contributed by atoms with van der Waals surface area (Å²) in [6.45, 7) is 6.68. The van der Waals surface area contributed by atoms with Crippen LogP contribution in [0.3, 0.4) is 0 Å². The highest BCUT2D eigenvalue weighted by Gasteiger charge is 1.99. The first kappa shape index (κ1) is 20.2. The van der Waals surface area contributed by atoms with Crippen molar-refractivity contribution in [2.24, 2.45) is 0 Å². The second-order valence-corrected chi connectivity index (χ2v) is 6.11. The molecule has 6 nitrogen and oxygen atoms in total. The van der Waals surface area contributed by atoms with Gasteiger partial charge in [-0.25, -0.2) is 0 Å². The van der Waals surface area contributed by atoms with Crippen molar-refractivity contribution in [3.05, 3.63) is 59.7 Å². The van der Waals surface area contributed by atoms with Gasteiger partial charge in [0, 0.05) is 63.5 Å². The summed E-state index contributed by atoms with van der Waals surface area (Å²) in [4.78, 5) is 0. The minimum atomic E-state index is 0.341. The number of nitrogens with one attached hydrogen (secondary N) is 4. The monoisotopic (exact) mass is 358 g/mol. The highest BCUT2D eigenvalue weighted by atomic mass is 16.3. The highest BCUT2D eigenvalue weighted by Crippen LogP contribution is 2.15. The zero-order chi connectivity index (χ0) is 18.5. The minimum Gasteiger partial charge on any atom is -0.508 e. The number of phenols is 2. The SMILES string of the molecule is Oc1ccccc1CNCCNCCNCCNCc1ccccc1O. The van der Waals surface area contributed by atoms with Gasteiger partial charge in [-0.3, -0.25) is 0 Å². The van der Waals surface area contributed by atoms with E-state index in [0.29, 0.717) is 24.6 Å². The van der Waals surface area contributed by atoms with E-state index in [9.17, 15) is 10.2 Å². The lowest BCUT2D eigenvalue weighted by Crippen LogP contribution is -2.35. The molecule has 2 rings (SSSR count). The molecule has 26 heavy (non-hydrogen) atoms. The van der Waals surface area contributed by atoms with Gasteiger partial charge in [-0.05, 0) is 12.1 Å². The Hall–Kier alpha value is -2.12. The molecule has 0 saturated carbocycles. The van der Waals surface area contributed by atoms with Crippen molar-refractivity contribution in [2.45, 2.75) is 13.1 Å². The summed E-state index contributed by atoms with van der Waals surface area (Å²) in [5.41, 5.74) is 1.84. The second kappa shape index (κ2) is 12.3. The van der Waals surface area contributed by atoms with Gasteiger partial charge in [0.15, 0.2) is 0 Å². The van der Waals surface area contributed by atoms with E-state index in [1.54, 1.807) is 12.1 Å². The van der Waals surface area contributed by atoms with Crippen LogP contribution in [0.1, 0.15) is 11.1 Å². The Bertz CT molecular complexity index is 581. The lowest BCUT2D eigenvalue weighted by Gasteiger charge is -2.09. The van der Waals surface area contributed by atoms with E-state index in [4.69, 9.17) is 0 Å². The molecule has 6 N–H and O–H groups in total. The summed E-state index contributed by atoms with van der Waals surface area (Å²) in [6.07, 6.45) is 0. The van der Waals surface area contributed by atoms with E-state index in [1.807, 2.05) is 36.4 Å². The van der Waals surface area contributed by atoms with Gasteiger partial charge < -0.3 is 31.5 Å². The lowest BCUT2D eigenvalue weighted by atomic mass is 10.2. The van der Waals surface area contributed by atoms with Gasteiger partial charge in [-0.2, -0.15) is 0 Å². The summed E-state index contributed by atoms with van der Waals surface area (Å²) in [7, 11) is 0. The van der Waals surface area contributed by atoms with Crippen LogP contribution in [0.5, 0.6) is 11.5 Å². The molecule has 6 heteroatoms. The zero-order valence-electron chi connectivity index (χ0n) is 15.2. The number of benzene rings is 2. The van der Waals surface area contributed by atoms with E-state index < -0.39 is 0 Å². The average Bonchev–Trinajstić information content (AvgIpc) is 2.65. The van der Waals surface area contributed by atoms with Gasteiger partial charge in [0.2, 0.25) is 0 Å². The van der Waals surface area contributed by atoms with Gasteiger partial charge in [-0.15, -0.1) is 0 Å². The predicted molar refractivity (Wildman–Crippen MR) is 105 cm³/mol. The molecule has 0 heterocycles. The van der Waals surface area contributed by atoms with E-state index in [0.717, 1.165) is 50.4 Å². The lowest BCUT2D eigenvalue weighted by molar-refractivity contribution is 0.463. The van der Waals surface area contributed by atoms with Gasteiger partial charge in [0.1, 0.15) is 11.5 Å². The Morgan fingerprint density at radius 3 is 1.23 bits per heavy atom. The molecule has 0 amide bonds. The molecule has 0 radical (unpaired) electrons. The number of hydrogen-bond donors (Lipinski definition) is 6. The van der Waals surface area contributed by atoms with Crippen LogP contribution >= 0.6 is 0 Å². The third-order valence-corrected chi connectivity index (χ3v) is 4.05. The van der Waals surface area contributed by atoms with Crippen molar-refractivity contribution >= 4 is 0 Å². The number of phenolic OH excluding ortho intramolecular Hbond substituents is 2. The molecule has 0 unspecified atom stereocenters. The summed E-state index contributed by atoms with van der Waals surface area (Å²) < 4.78 is 0. The summed E-state index contributed by atoms with van der Waals surface area (Å²) >= 11 is 0. The molecule has 0 atom stereocenters. The average molecular weight is 358 g/mol. The van der Waals surface area contributed by atoms with Crippen molar-refractivity contribution in [2.75, 3.05) is 39.3 Å². The summed E-state index contributed by atoms with van der Waals surface area (Å²) in [5, 5.41) is 32.7. The maximum absolute atomic E-state index is 9.67. The van der Waals surface area contributed by atoms with Gasteiger partial charge in [0.05, 0.1) is 0 Å². The molecule has 0 aliphatic carbocycles. The quantitative estimate of drug-likeness (QED) is 0.301. The van der Waals surface area contributed by atoms with Crippen molar-refractivity contribution < 1.29 is 10.2 Å². The van der Waals surface area contributed by atoms with Crippen molar-refractivity contribution in [1.82, 2.24) is 21.3 Å². The molecule has 0 aliphatic heterocycles. The van der Waals surface area contributed by atoms with Crippen LogP contribution in [0.15, 0.2) is 48.5 Å². The molecule has 0 saturated heterocycles. The Kier molecular flexibility index (Phi) is 9.53. The topological polar surface area (TPSA) is 88.6 Å². The smallest absolute Gasteiger partial charge is 0.120 e. The van der Waals surface area contributed by atoms with Gasteiger partial charge in [0.25, 0.3) is 0 Å². The van der Waals surface area contributed by atoms with Gasteiger partial charge in [-0.1, -0.05) is 36.4 Å². The van der Waals surface area contributed by atoms with E-state index in [1.165, 1.54) is 0 Å². The van der Waals surface area contributed by atoms with Crippen molar-refractivity contribution in [3.63, 3.8) is 0 Å². The third kappa shape index (κ3) is 7.84. The maximum Gasteiger partial charge on any atom is 0.120 e. The number of rotatable bonds is 13. The number of aromatic hydroxyl groups is 2. The van der Waals surface area contributed by atoms with E-state index in [2.05, 4.69) is 21.3 Å². The largest absolute Gasteiger partial charge is 0.508 e. The zero-order valence-corrected chi connectivity index (χ0v) is 15.2. The maximum atomic E-state index is 9.67. The normalized spacial score (nSPS) is 10.9. The van der Waals surface area contributed by atoms with Crippen LogP contribution in [-0.2, 0) is 13.1 Å². The fourth-order valence-electron chi connectivity index (χ4n) is 2.55. The molecule has 0 fully saturated rings. The van der Waals surface area contributed by atoms with Crippen LogP contribution in [-0.4, -0.2) is 49.5 Å². The van der Waals surface area contributed by atoms with Crippen LogP contribution in [0, 0.1) is 0 Å². The Morgan fingerprint density at radius 2 is 0.846 bits per heavy atom. The molecular weight excluding hydrogens is 328 g/mol. The molecule has 0 spiro atoms. The fourth-order valence-corrected chi connectivity index (χ4v) is 2.55. The molecule has 2 aromatic rings. The Balaban J connectivity index is 1.37. The highest BCUT2D eigenvalue weighted by molar-refractivity contribution is 5.32. The predicted octanol–water partition coefficient (Wildman–Crippen LogP) is 1.16. The third-order valence-electron chi connectivity index (χ3n) is 4.05. The van der Waals surface area contributed by atoms with Crippen LogP contribution < -0.4 is 21.3 Å². The molecule has 0 aromatic heterocycles. The molecule has 2 aromatic carbocycles. The molecule has 142 valence electrons. The molecule has 0 aliphatic rings. The fraction of sp³-hybridized carbons (Fsp3) is 0.400. The molecular formula is C20H30N4O2. The number of hydrogen-bond acceptors (Lipinski definition) is 6. The standard InChI is InChI=1S/C20H30N4O2/c25-19-7-3-1-5-17(19)15-23-13-11-21-9-10-22-12-14-24-16-18-6-2-4-8-20(18)26/h1-8,21-26H,9-16H2.